The topological polar surface area (TPSA) is 53.9 Å². The van der Waals surface area contributed by atoms with Gasteiger partial charge in [-0.05, 0) is 18.8 Å². The number of hydrogen-bond acceptors (Lipinski definition) is 5. The number of aliphatic imine (C=N–C) groups is 1. The molecule has 0 aliphatic carbocycles. The summed E-state index contributed by atoms with van der Waals surface area (Å²) >= 11 is 1.52. The van der Waals surface area contributed by atoms with Crippen LogP contribution in [0.25, 0.3) is 0 Å². The minimum atomic E-state index is -0.0407. The molecule has 2 heterocycles. The fourth-order valence-electron chi connectivity index (χ4n) is 2.07. The summed E-state index contributed by atoms with van der Waals surface area (Å²) in [7, 11) is 1.70. The molecule has 2 rings (SSSR count). The van der Waals surface area contributed by atoms with Crippen LogP contribution < -0.4 is 5.43 Å². The fraction of sp³-hybridized carbons (Fsp3) is 0.818. The summed E-state index contributed by atoms with van der Waals surface area (Å²) in [6.07, 6.45) is 2.21. The fourth-order valence-corrected chi connectivity index (χ4v) is 3.04. The molecule has 2 unspecified atom stereocenters. The molecule has 0 saturated carbocycles. The molecule has 0 bridgehead atoms. The molecule has 0 aromatic rings. The molecule has 6 heteroatoms. The van der Waals surface area contributed by atoms with Crippen LogP contribution in [0, 0.1) is 5.92 Å². The average molecular weight is 257 g/mol. The number of ether oxygens (including phenoxy) is 1. The van der Waals surface area contributed by atoms with E-state index in [2.05, 4.69) is 10.4 Å². The van der Waals surface area contributed by atoms with E-state index in [0.717, 1.165) is 19.4 Å². The lowest BCUT2D eigenvalue weighted by Gasteiger charge is -2.24. The SMILES string of the molecule is COC1CCCN1NC1=NC(=O)C(C(C)C)S1. The standard InChI is InChI=1S/C11H19N3O2S/c1-7(2)9-10(15)12-11(17-9)13-14-6-4-5-8(14)16-3/h7-9H,4-6H2,1-3H3,(H,12,13,15). The molecular weight excluding hydrogens is 238 g/mol. The lowest BCUT2D eigenvalue weighted by atomic mass is 10.1. The highest BCUT2D eigenvalue weighted by molar-refractivity contribution is 8.15. The van der Waals surface area contributed by atoms with Crippen molar-refractivity contribution in [3.8, 4) is 0 Å². The molecule has 0 aromatic carbocycles. The summed E-state index contributed by atoms with van der Waals surface area (Å²) in [5.41, 5.74) is 3.19. The number of rotatable bonds is 3. The molecule has 2 aliphatic heterocycles. The Kier molecular flexibility index (Phi) is 4.06. The first-order valence-corrected chi connectivity index (χ1v) is 6.85. The van der Waals surface area contributed by atoms with Gasteiger partial charge in [0.2, 0.25) is 0 Å². The lowest BCUT2D eigenvalue weighted by molar-refractivity contribution is -0.117. The van der Waals surface area contributed by atoms with Crippen molar-refractivity contribution >= 4 is 22.8 Å². The highest BCUT2D eigenvalue weighted by atomic mass is 32.2. The summed E-state index contributed by atoms with van der Waals surface area (Å²) in [4.78, 5) is 15.7. The van der Waals surface area contributed by atoms with E-state index in [1.165, 1.54) is 11.8 Å². The molecule has 0 spiro atoms. The second kappa shape index (κ2) is 5.37. The average Bonchev–Trinajstić information content (AvgIpc) is 2.85. The van der Waals surface area contributed by atoms with Crippen LogP contribution in [0.3, 0.4) is 0 Å². The molecule has 2 aliphatic rings. The first kappa shape index (κ1) is 12.9. The van der Waals surface area contributed by atoms with Crippen molar-refractivity contribution in [1.82, 2.24) is 10.4 Å². The molecule has 2 atom stereocenters. The van der Waals surface area contributed by atoms with E-state index in [4.69, 9.17) is 4.74 Å². The van der Waals surface area contributed by atoms with Gasteiger partial charge in [-0.1, -0.05) is 25.6 Å². The van der Waals surface area contributed by atoms with Crippen molar-refractivity contribution in [2.24, 2.45) is 10.9 Å². The molecule has 96 valence electrons. The first-order valence-electron chi connectivity index (χ1n) is 5.97. The molecule has 0 aromatic heterocycles. The minimum absolute atomic E-state index is 0.0272. The van der Waals surface area contributed by atoms with Gasteiger partial charge in [-0.15, -0.1) is 0 Å². The Bertz CT molecular complexity index is 333. The zero-order chi connectivity index (χ0) is 12.4. The van der Waals surface area contributed by atoms with Crippen molar-refractivity contribution in [3.05, 3.63) is 0 Å². The number of carbonyl (C=O) groups excluding carboxylic acids is 1. The number of methoxy groups -OCH3 is 1. The number of nitrogens with one attached hydrogen (secondary N) is 1. The van der Waals surface area contributed by atoms with Gasteiger partial charge in [0, 0.05) is 13.7 Å². The number of amides is 1. The zero-order valence-electron chi connectivity index (χ0n) is 10.5. The molecule has 1 fully saturated rings. The highest BCUT2D eigenvalue weighted by Crippen LogP contribution is 2.28. The Balaban J connectivity index is 1.92. The molecular formula is C11H19N3O2S. The summed E-state index contributed by atoms with van der Waals surface area (Å²) in [5.74, 6) is 0.285. The molecule has 1 N–H and O–H groups in total. The Morgan fingerprint density at radius 1 is 1.59 bits per heavy atom. The van der Waals surface area contributed by atoms with Crippen molar-refractivity contribution in [3.63, 3.8) is 0 Å². The van der Waals surface area contributed by atoms with Crippen LogP contribution in [-0.4, -0.2) is 41.2 Å². The van der Waals surface area contributed by atoms with Crippen LogP contribution in [0.4, 0.5) is 0 Å². The second-order valence-corrected chi connectivity index (χ2v) is 5.81. The quantitative estimate of drug-likeness (QED) is 0.823. The maximum absolute atomic E-state index is 11.7. The van der Waals surface area contributed by atoms with E-state index in [-0.39, 0.29) is 17.4 Å². The maximum Gasteiger partial charge on any atom is 0.261 e. The summed E-state index contributed by atoms with van der Waals surface area (Å²) < 4.78 is 5.35. The van der Waals surface area contributed by atoms with Crippen molar-refractivity contribution in [2.75, 3.05) is 13.7 Å². The molecule has 5 nitrogen and oxygen atoms in total. The maximum atomic E-state index is 11.7. The van der Waals surface area contributed by atoms with Crippen molar-refractivity contribution in [1.29, 1.82) is 0 Å². The van der Waals surface area contributed by atoms with E-state index < -0.39 is 0 Å². The third-order valence-corrected chi connectivity index (χ3v) is 4.41. The lowest BCUT2D eigenvalue weighted by Crippen LogP contribution is -2.44. The smallest absolute Gasteiger partial charge is 0.261 e. The Morgan fingerprint density at radius 3 is 2.94 bits per heavy atom. The first-order chi connectivity index (χ1) is 8.11. The number of hydrogen-bond donors (Lipinski definition) is 1. The van der Waals surface area contributed by atoms with E-state index in [9.17, 15) is 4.79 Å². The predicted octanol–water partition coefficient (Wildman–Crippen LogP) is 1.21. The van der Waals surface area contributed by atoms with Gasteiger partial charge in [0.05, 0.1) is 5.25 Å². The van der Waals surface area contributed by atoms with E-state index >= 15 is 0 Å². The van der Waals surface area contributed by atoms with Crippen LogP contribution in [0.15, 0.2) is 4.99 Å². The van der Waals surface area contributed by atoms with Crippen LogP contribution in [0.2, 0.25) is 0 Å². The van der Waals surface area contributed by atoms with Crippen molar-refractivity contribution < 1.29 is 9.53 Å². The second-order valence-electron chi connectivity index (χ2n) is 4.68. The van der Waals surface area contributed by atoms with Gasteiger partial charge in [0.25, 0.3) is 5.91 Å². The third kappa shape index (κ3) is 2.81. The van der Waals surface area contributed by atoms with Gasteiger partial charge >= 0.3 is 0 Å². The number of amidine groups is 1. The van der Waals surface area contributed by atoms with Crippen LogP contribution in [0.5, 0.6) is 0 Å². The van der Waals surface area contributed by atoms with Gasteiger partial charge in [-0.3, -0.25) is 10.2 Å². The van der Waals surface area contributed by atoms with Crippen LogP contribution in [-0.2, 0) is 9.53 Å². The van der Waals surface area contributed by atoms with Gasteiger partial charge in [-0.2, -0.15) is 10.0 Å². The highest BCUT2D eigenvalue weighted by Gasteiger charge is 2.33. The number of nitrogens with zero attached hydrogens (tertiary/aromatic N) is 2. The van der Waals surface area contributed by atoms with E-state index in [0.29, 0.717) is 11.1 Å². The van der Waals surface area contributed by atoms with Gasteiger partial charge in [-0.25, -0.2) is 0 Å². The molecule has 1 amide bonds. The van der Waals surface area contributed by atoms with Crippen LogP contribution in [0.1, 0.15) is 26.7 Å². The number of thioether (sulfide) groups is 1. The number of hydrazine groups is 1. The normalized spacial score (nSPS) is 30.1. The zero-order valence-corrected chi connectivity index (χ0v) is 11.3. The van der Waals surface area contributed by atoms with Crippen LogP contribution >= 0.6 is 11.8 Å². The Hall–Kier alpha value is -0.590. The van der Waals surface area contributed by atoms with E-state index in [1.54, 1.807) is 7.11 Å². The summed E-state index contributed by atoms with van der Waals surface area (Å²) in [6.45, 7) is 5.02. The van der Waals surface area contributed by atoms with Gasteiger partial charge in [0.15, 0.2) is 5.17 Å². The van der Waals surface area contributed by atoms with Crippen molar-refractivity contribution in [2.45, 2.75) is 38.2 Å². The molecule has 17 heavy (non-hydrogen) atoms. The van der Waals surface area contributed by atoms with Gasteiger partial charge < -0.3 is 4.74 Å². The largest absolute Gasteiger partial charge is 0.365 e. The summed E-state index contributed by atoms with van der Waals surface area (Å²) in [5, 5.41) is 2.68. The summed E-state index contributed by atoms with van der Waals surface area (Å²) in [6, 6.07) is 0. The van der Waals surface area contributed by atoms with Gasteiger partial charge in [0.1, 0.15) is 6.23 Å². The number of carbonyl (C=O) groups is 1. The minimum Gasteiger partial charge on any atom is -0.365 e. The monoisotopic (exact) mass is 257 g/mol. The van der Waals surface area contributed by atoms with E-state index in [1.807, 2.05) is 18.9 Å². The molecule has 1 saturated heterocycles. The third-order valence-electron chi connectivity index (χ3n) is 3.01. The Morgan fingerprint density at radius 2 is 2.35 bits per heavy atom. The predicted molar refractivity (Wildman–Crippen MR) is 68.5 cm³/mol. The molecule has 0 radical (unpaired) electrons. The Labute approximate surface area is 106 Å².